The van der Waals surface area contributed by atoms with E-state index in [4.69, 9.17) is 0 Å². The summed E-state index contributed by atoms with van der Waals surface area (Å²) in [6, 6.07) is 6.83. The van der Waals surface area contributed by atoms with Gasteiger partial charge in [0, 0.05) is 11.9 Å². The molecule has 0 aromatic heterocycles. The summed E-state index contributed by atoms with van der Waals surface area (Å²) < 4.78 is 82.4. The fourth-order valence-corrected chi connectivity index (χ4v) is 4.08. The molecule has 2 aromatic rings. The minimum absolute atomic E-state index is 0.0611. The average molecular weight is 401 g/mol. The normalized spacial score (nSPS) is 15.7. The highest BCUT2D eigenvalue weighted by molar-refractivity contribution is 7.96. The number of anilines is 2. The van der Waals surface area contributed by atoms with Gasteiger partial charge >= 0.3 is 12.1 Å². The van der Waals surface area contributed by atoms with Gasteiger partial charge in [-0.25, -0.2) is 17.6 Å². The molecule has 0 bridgehead atoms. The molecule has 0 radical (unpaired) electrons. The summed E-state index contributed by atoms with van der Waals surface area (Å²) in [4.78, 5) is 11.6. The van der Waals surface area contributed by atoms with E-state index in [0.29, 0.717) is 6.07 Å². The first-order valence-corrected chi connectivity index (χ1v) is 8.85. The maximum atomic E-state index is 13.6. The van der Waals surface area contributed by atoms with Crippen molar-refractivity contribution in [1.29, 1.82) is 0 Å². The molecule has 0 aliphatic carbocycles. The fraction of sp³-hybridized carbons (Fsp3) is 0.118. The van der Waals surface area contributed by atoms with Crippen LogP contribution in [0.2, 0.25) is 0 Å². The molecule has 1 aliphatic rings. The van der Waals surface area contributed by atoms with Crippen molar-refractivity contribution in [3.05, 3.63) is 65.0 Å². The quantitative estimate of drug-likeness (QED) is 0.566. The number of carbonyl (C=O) groups is 1. The third-order valence-corrected chi connectivity index (χ3v) is 5.60. The molecule has 0 amide bonds. The van der Waals surface area contributed by atoms with Gasteiger partial charge < -0.3 is 9.64 Å². The van der Waals surface area contributed by atoms with Gasteiger partial charge in [0.25, 0.3) is 0 Å². The fourth-order valence-electron chi connectivity index (χ4n) is 2.59. The lowest BCUT2D eigenvalue weighted by Gasteiger charge is -2.28. The molecule has 0 unspecified atom stereocenters. The van der Waals surface area contributed by atoms with Crippen molar-refractivity contribution in [2.24, 2.45) is 0 Å². The van der Waals surface area contributed by atoms with Crippen molar-refractivity contribution in [2.75, 3.05) is 12.0 Å². The van der Waals surface area contributed by atoms with Crippen LogP contribution in [0.25, 0.3) is 0 Å². The highest BCUT2D eigenvalue weighted by Gasteiger charge is 2.37. The molecule has 0 atom stereocenters. The second-order valence-corrected chi connectivity index (χ2v) is 7.41. The summed E-state index contributed by atoms with van der Waals surface area (Å²) in [7, 11) is -3.46. The van der Waals surface area contributed by atoms with Gasteiger partial charge in [0.1, 0.15) is 5.82 Å². The van der Waals surface area contributed by atoms with E-state index in [2.05, 4.69) is 4.74 Å². The van der Waals surface area contributed by atoms with Crippen LogP contribution < -0.4 is 4.90 Å². The molecule has 2 aromatic carbocycles. The molecule has 0 fully saturated rings. The standard InChI is InChI=1S/C17H11F4NO4S/c1-26-16(23)15-9-22(12-4-2-3-10(7-12)17(19,20)21)13-6-5-11(18)8-14(13)27(15,24)25/h2-9H,1H3. The Morgan fingerprint density at radius 1 is 1.11 bits per heavy atom. The number of methoxy groups -OCH3 is 1. The van der Waals surface area contributed by atoms with E-state index < -0.39 is 43.2 Å². The first kappa shape index (κ1) is 18.9. The van der Waals surface area contributed by atoms with Crippen molar-refractivity contribution >= 4 is 27.2 Å². The Labute approximate surface area is 151 Å². The van der Waals surface area contributed by atoms with Gasteiger partial charge in [0.2, 0.25) is 9.84 Å². The largest absolute Gasteiger partial charge is 0.465 e. The zero-order valence-corrected chi connectivity index (χ0v) is 14.4. The molecule has 0 saturated heterocycles. The number of fused-ring (bicyclic) bond motifs is 1. The van der Waals surface area contributed by atoms with Crippen LogP contribution in [0.5, 0.6) is 0 Å². The first-order chi connectivity index (χ1) is 12.6. The van der Waals surface area contributed by atoms with Crippen LogP contribution in [0.3, 0.4) is 0 Å². The van der Waals surface area contributed by atoms with Crippen LogP contribution in [0.4, 0.5) is 28.9 Å². The summed E-state index contributed by atoms with van der Waals surface area (Å²) in [5.41, 5.74) is -1.12. The molecular weight excluding hydrogens is 390 g/mol. The first-order valence-electron chi connectivity index (χ1n) is 7.37. The number of halogens is 4. The molecule has 0 spiro atoms. The van der Waals surface area contributed by atoms with E-state index in [0.717, 1.165) is 48.5 Å². The van der Waals surface area contributed by atoms with Crippen molar-refractivity contribution in [1.82, 2.24) is 0 Å². The number of hydrogen-bond acceptors (Lipinski definition) is 5. The van der Waals surface area contributed by atoms with Crippen LogP contribution in [-0.4, -0.2) is 21.5 Å². The van der Waals surface area contributed by atoms with E-state index >= 15 is 0 Å². The monoisotopic (exact) mass is 401 g/mol. The highest BCUT2D eigenvalue weighted by atomic mass is 32.2. The second kappa shape index (κ2) is 6.38. The van der Waals surface area contributed by atoms with Crippen molar-refractivity contribution in [3.8, 4) is 0 Å². The van der Waals surface area contributed by atoms with Gasteiger partial charge in [-0.1, -0.05) is 6.07 Å². The smallest absolute Gasteiger partial charge is 0.416 e. The van der Waals surface area contributed by atoms with Crippen LogP contribution in [-0.2, 0) is 25.5 Å². The van der Waals surface area contributed by atoms with E-state index in [1.54, 1.807) is 0 Å². The van der Waals surface area contributed by atoms with E-state index in [9.17, 15) is 30.8 Å². The Morgan fingerprint density at radius 2 is 1.81 bits per heavy atom. The number of rotatable bonds is 2. The lowest BCUT2D eigenvalue weighted by Crippen LogP contribution is -2.26. The lowest BCUT2D eigenvalue weighted by molar-refractivity contribution is -0.137. The van der Waals surface area contributed by atoms with Gasteiger partial charge in [-0.05, 0) is 36.4 Å². The molecule has 1 heterocycles. The predicted octanol–water partition coefficient (Wildman–Crippen LogP) is 3.78. The lowest BCUT2D eigenvalue weighted by atomic mass is 10.1. The van der Waals surface area contributed by atoms with E-state index in [1.807, 2.05) is 0 Å². The number of esters is 1. The van der Waals surface area contributed by atoms with Crippen molar-refractivity contribution < 1.29 is 35.5 Å². The molecule has 142 valence electrons. The van der Waals surface area contributed by atoms with Crippen molar-refractivity contribution in [2.45, 2.75) is 11.1 Å². The molecule has 0 N–H and O–H groups in total. The van der Waals surface area contributed by atoms with Gasteiger partial charge in [-0.15, -0.1) is 0 Å². The number of carbonyl (C=O) groups excluding carboxylic acids is 1. The summed E-state index contributed by atoms with van der Waals surface area (Å²) in [5.74, 6) is -2.10. The molecule has 27 heavy (non-hydrogen) atoms. The summed E-state index contributed by atoms with van der Waals surface area (Å²) in [6.45, 7) is 0. The molecule has 1 aliphatic heterocycles. The molecule has 0 saturated carbocycles. The predicted molar refractivity (Wildman–Crippen MR) is 87.3 cm³/mol. The van der Waals surface area contributed by atoms with Crippen molar-refractivity contribution in [3.63, 3.8) is 0 Å². The Morgan fingerprint density at radius 3 is 2.44 bits per heavy atom. The molecule has 3 rings (SSSR count). The minimum atomic E-state index is -4.63. The maximum Gasteiger partial charge on any atom is 0.416 e. The Bertz CT molecular complexity index is 1060. The van der Waals surface area contributed by atoms with Gasteiger partial charge in [0.15, 0.2) is 4.91 Å². The summed E-state index contributed by atoms with van der Waals surface area (Å²) in [5, 5.41) is 0. The van der Waals surface area contributed by atoms with Crippen LogP contribution in [0, 0.1) is 5.82 Å². The van der Waals surface area contributed by atoms with E-state index in [1.165, 1.54) is 6.07 Å². The summed E-state index contributed by atoms with van der Waals surface area (Å²) >= 11 is 0. The molecule has 10 heteroatoms. The Balaban J connectivity index is 2.28. The summed E-state index contributed by atoms with van der Waals surface area (Å²) in [6.07, 6.45) is -3.77. The van der Waals surface area contributed by atoms with Crippen LogP contribution >= 0.6 is 0 Å². The SMILES string of the molecule is COC(=O)C1=CN(c2cccc(C(F)(F)F)c2)c2ccc(F)cc2S1(=O)=O. The zero-order chi connectivity index (χ0) is 20.0. The van der Waals surface area contributed by atoms with Gasteiger partial charge in [0.05, 0.1) is 23.3 Å². The third kappa shape index (κ3) is 3.27. The molecular formula is C17H11F4NO4S. The van der Waals surface area contributed by atoms with Gasteiger partial charge in [-0.3, -0.25) is 0 Å². The number of alkyl halides is 3. The zero-order valence-electron chi connectivity index (χ0n) is 13.6. The van der Waals surface area contributed by atoms with E-state index in [-0.39, 0.29) is 11.4 Å². The maximum absolute atomic E-state index is 13.6. The number of hydrogen-bond donors (Lipinski definition) is 0. The third-order valence-electron chi connectivity index (χ3n) is 3.85. The number of sulfone groups is 1. The van der Waals surface area contributed by atoms with Gasteiger partial charge in [-0.2, -0.15) is 13.2 Å². The number of benzene rings is 2. The average Bonchev–Trinajstić information content (AvgIpc) is 2.61. The number of ether oxygens (including phenoxy) is 1. The van der Waals surface area contributed by atoms with Crippen LogP contribution in [0.1, 0.15) is 5.56 Å². The minimum Gasteiger partial charge on any atom is -0.465 e. The second-order valence-electron chi connectivity index (χ2n) is 5.52. The topological polar surface area (TPSA) is 63.7 Å². The highest BCUT2D eigenvalue weighted by Crippen LogP contribution is 2.41. The van der Waals surface area contributed by atoms with Crippen LogP contribution in [0.15, 0.2) is 58.5 Å². The Kier molecular flexibility index (Phi) is 4.46. The Hall–Kier alpha value is -2.88. The molecule has 5 nitrogen and oxygen atoms in total. The number of nitrogens with zero attached hydrogens (tertiary/aromatic N) is 1.